The first kappa shape index (κ1) is 29.5. The summed E-state index contributed by atoms with van der Waals surface area (Å²) in [5, 5.41) is 12.4. The number of benzene rings is 2. The molecule has 0 fully saturated rings. The normalized spacial score (nSPS) is 10.6. The summed E-state index contributed by atoms with van der Waals surface area (Å²) in [4.78, 5) is 25.6. The molecule has 3 rings (SSSR count). The van der Waals surface area contributed by atoms with Crippen molar-refractivity contribution in [1.82, 2.24) is 20.3 Å². The molecule has 0 aliphatic heterocycles. The van der Waals surface area contributed by atoms with Gasteiger partial charge in [0.15, 0.2) is 0 Å². The largest absolute Gasteiger partial charge is 0.378 e. The second-order valence-corrected chi connectivity index (χ2v) is 8.68. The quantitative estimate of drug-likeness (QED) is 0.122. The Morgan fingerprint density at radius 3 is 2.21 bits per heavy atom. The van der Waals surface area contributed by atoms with Crippen LogP contribution in [0.5, 0.6) is 0 Å². The third kappa shape index (κ3) is 11.5. The van der Waals surface area contributed by atoms with E-state index in [-0.39, 0.29) is 12.3 Å². The van der Waals surface area contributed by atoms with Gasteiger partial charge in [0.05, 0.1) is 32.8 Å². The fraction of sp³-hybridized carbons (Fsp3) is 0.357. The lowest BCUT2D eigenvalue weighted by atomic mass is 10.1. The number of carbonyl (C=O) groups is 1. The number of amides is 1. The Labute approximate surface area is 229 Å². The van der Waals surface area contributed by atoms with Crippen LogP contribution >= 0.6 is 0 Å². The molecule has 1 aromatic heterocycles. The van der Waals surface area contributed by atoms with Crippen LogP contribution in [-0.2, 0) is 27.2 Å². The van der Waals surface area contributed by atoms with Crippen molar-refractivity contribution in [3.8, 4) is 0 Å². The summed E-state index contributed by atoms with van der Waals surface area (Å²) in [5.41, 5.74) is 9.36. The van der Waals surface area contributed by atoms with Gasteiger partial charge in [0.1, 0.15) is 0 Å². The molecule has 0 unspecified atom stereocenters. The Bertz CT molecular complexity index is 1160. The molecule has 0 spiro atoms. The Morgan fingerprint density at radius 1 is 0.872 bits per heavy atom. The van der Waals surface area contributed by atoms with Crippen LogP contribution in [0.15, 0.2) is 61.2 Å². The van der Waals surface area contributed by atoms with Gasteiger partial charge in [-0.3, -0.25) is 4.79 Å². The molecule has 0 atom stereocenters. The van der Waals surface area contributed by atoms with Crippen molar-refractivity contribution in [1.29, 1.82) is 0 Å². The molecule has 3 aromatic rings. The van der Waals surface area contributed by atoms with Crippen LogP contribution < -0.4 is 27.0 Å². The maximum absolute atomic E-state index is 12.2. The number of hydrogen-bond acceptors (Lipinski definition) is 10. The number of nitrogens with one attached hydrogen (secondary N) is 4. The van der Waals surface area contributed by atoms with E-state index < -0.39 is 0 Å². The van der Waals surface area contributed by atoms with Gasteiger partial charge in [0.25, 0.3) is 0 Å². The highest BCUT2D eigenvalue weighted by Crippen LogP contribution is 2.17. The van der Waals surface area contributed by atoms with E-state index in [1.54, 1.807) is 6.08 Å². The van der Waals surface area contributed by atoms with Gasteiger partial charge in [-0.2, -0.15) is 15.0 Å². The van der Waals surface area contributed by atoms with E-state index in [9.17, 15) is 4.79 Å². The van der Waals surface area contributed by atoms with E-state index in [2.05, 4.69) is 74.0 Å². The molecule has 39 heavy (non-hydrogen) atoms. The Morgan fingerprint density at radius 2 is 1.51 bits per heavy atom. The Kier molecular flexibility index (Phi) is 12.6. The highest BCUT2D eigenvalue weighted by molar-refractivity contribution is 5.78. The number of nitrogens with two attached hydrogens (primary N) is 1. The van der Waals surface area contributed by atoms with E-state index in [0.717, 1.165) is 16.8 Å². The molecule has 6 N–H and O–H groups in total. The molecule has 11 nitrogen and oxygen atoms in total. The van der Waals surface area contributed by atoms with Crippen LogP contribution in [0.2, 0.25) is 0 Å². The van der Waals surface area contributed by atoms with Gasteiger partial charge in [0, 0.05) is 31.9 Å². The van der Waals surface area contributed by atoms with Crippen molar-refractivity contribution in [2.75, 3.05) is 62.0 Å². The molecule has 1 amide bonds. The van der Waals surface area contributed by atoms with Crippen LogP contribution in [0, 0.1) is 6.92 Å². The highest BCUT2D eigenvalue weighted by Gasteiger charge is 2.08. The first-order valence-corrected chi connectivity index (χ1v) is 12.9. The summed E-state index contributed by atoms with van der Waals surface area (Å²) in [6, 6.07) is 15.8. The van der Waals surface area contributed by atoms with Crippen molar-refractivity contribution in [2.24, 2.45) is 5.73 Å². The molecule has 0 aliphatic carbocycles. The van der Waals surface area contributed by atoms with E-state index in [1.807, 2.05) is 24.3 Å². The average Bonchev–Trinajstić information content (AvgIpc) is 2.94. The molecule has 208 valence electrons. The zero-order valence-electron chi connectivity index (χ0n) is 22.4. The van der Waals surface area contributed by atoms with Crippen LogP contribution in [0.25, 0.3) is 0 Å². The fourth-order valence-corrected chi connectivity index (χ4v) is 3.39. The van der Waals surface area contributed by atoms with Crippen molar-refractivity contribution in [2.45, 2.75) is 19.9 Å². The third-order valence-electron chi connectivity index (χ3n) is 5.39. The summed E-state index contributed by atoms with van der Waals surface area (Å²) in [6.07, 6.45) is 2.01. The predicted octanol–water partition coefficient (Wildman–Crippen LogP) is 2.78. The van der Waals surface area contributed by atoms with E-state index >= 15 is 0 Å². The molecule has 11 heteroatoms. The maximum atomic E-state index is 12.2. The number of nitrogens with zero attached hydrogens (tertiary/aromatic N) is 3. The van der Waals surface area contributed by atoms with Gasteiger partial charge in [0.2, 0.25) is 23.8 Å². The van der Waals surface area contributed by atoms with Gasteiger partial charge >= 0.3 is 0 Å². The Balaban J connectivity index is 1.50. The van der Waals surface area contributed by atoms with Gasteiger partial charge in [-0.1, -0.05) is 48.0 Å². The summed E-state index contributed by atoms with van der Waals surface area (Å²) >= 11 is 0. The lowest BCUT2D eigenvalue weighted by molar-refractivity contribution is -0.120. The third-order valence-corrected chi connectivity index (χ3v) is 5.39. The number of carbonyl (C=O) groups excluding carboxylic acids is 1. The highest BCUT2D eigenvalue weighted by atomic mass is 16.5. The van der Waals surface area contributed by atoms with E-state index in [4.69, 9.17) is 15.2 Å². The van der Waals surface area contributed by atoms with Crippen molar-refractivity contribution >= 4 is 29.4 Å². The minimum absolute atomic E-state index is 0.0709. The topological polar surface area (TPSA) is 148 Å². The summed E-state index contributed by atoms with van der Waals surface area (Å²) in [5.74, 6) is 1.19. The Hall–Kier alpha value is -4.06. The van der Waals surface area contributed by atoms with Crippen LogP contribution in [0.1, 0.15) is 16.7 Å². The summed E-state index contributed by atoms with van der Waals surface area (Å²) in [7, 11) is 0. The number of aryl methyl sites for hydroxylation is 1. The van der Waals surface area contributed by atoms with Crippen molar-refractivity contribution < 1.29 is 14.3 Å². The van der Waals surface area contributed by atoms with Crippen LogP contribution in [0.3, 0.4) is 0 Å². The second kappa shape index (κ2) is 16.7. The maximum Gasteiger partial charge on any atom is 0.233 e. The molecule has 0 saturated heterocycles. The first-order chi connectivity index (χ1) is 19.1. The zero-order chi connectivity index (χ0) is 27.7. The SMILES string of the molecule is C=CCNc1nc(NCc2ccc(C)cc2)nc(Nc2ccc(CC(=O)NCCOCCOCCN)cc2)n1. The van der Waals surface area contributed by atoms with Crippen LogP contribution in [-0.4, -0.2) is 66.9 Å². The predicted molar refractivity (Wildman–Crippen MR) is 154 cm³/mol. The molecular weight excluding hydrogens is 496 g/mol. The fourth-order valence-electron chi connectivity index (χ4n) is 3.39. The van der Waals surface area contributed by atoms with Gasteiger partial charge in [-0.05, 0) is 30.2 Å². The number of rotatable bonds is 18. The average molecular weight is 535 g/mol. The first-order valence-electron chi connectivity index (χ1n) is 12.9. The summed E-state index contributed by atoms with van der Waals surface area (Å²) in [6.45, 7) is 9.74. The molecule has 0 saturated carbocycles. The van der Waals surface area contributed by atoms with E-state index in [0.29, 0.717) is 70.5 Å². The van der Waals surface area contributed by atoms with Crippen molar-refractivity contribution in [3.63, 3.8) is 0 Å². The smallest absolute Gasteiger partial charge is 0.233 e. The number of ether oxygens (including phenoxy) is 2. The monoisotopic (exact) mass is 534 g/mol. The number of hydrogen-bond donors (Lipinski definition) is 5. The lowest BCUT2D eigenvalue weighted by Crippen LogP contribution is -2.29. The molecule has 1 heterocycles. The van der Waals surface area contributed by atoms with E-state index in [1.165, 1.54) is 5.56 Å². The minimum atomic E-state index is -0.0709. The molecule has 0 radical (unpaired) electrons. The second-order valence-electron chi connectivity index (χ2n) is 8.68. The molecule has 0 bridgehead atoms. The standard InChI is InChI=1S/C28H38N8O3/c1-3-13-31-26-34-27(32-20-23-6-4-21(2)5-7-23)36-28(35-26)33-24-10-8-22(9-11-24)19-25(37)30-14-16-39-18-17-38-15-12-29/h3-11H,1,12-20,29H2,2H3,(H,30,37)(H3,31,32,33,34,35,36). The summed E-state index contributed by atoms with van der Waals surface area (Å²) < 4.78 is 10.6. The van der Waals surface area contributed by atoms with Gasteiger partial charge < -0.3 is 36.5 Å². The number of aromatic nitrogens is 3. The lowest BCUT2D eigenvalue weighted by Gasteiger charge is -2.11. The molecular formula is C28H38N8O3. The number of anilines is 4. The van der Waals surface area contributed by atoms with Crippen LogP contribution in [0.4, 0.5) is 23.5 Å². The van der Waals surface area contributed by atoms with Gasteiger partial charge in [-0.15, -0.1) is 6.58 Å². The zero-order valence-corrected chi connectivity index (χ0v) is 22.4. The minimum Gasteiger partial charge on any atom is -0.378 e. The molecule has 2 aromatic carbocycles. The van der Waals surface area contributed by atoms with Gasteiger partial charge in [-0.25, -0.2) is 0 Å². The molecule has 0 aliphatic rings. The van der Waals surface area contributed by atoms with Crippen molar-refractivity contribution in [3.05, 3.63) is 77.9 Å².